The number of nitrogens with zero attached hydrogens (tertiary/aromatic N) is 2. The zero-order chi connectivity index (χ0) is 23.5. The Morgan fingerprint density at radius 1 is 1.00 bits per heavy atom. The lowest BCUT2D eigenvalue weighted by atomic mass is 10.2. The number of fused-ring (bicyclic) bond motifs is 1. The molecule has 1 aromatic heterocycles. The molecule has 0 atom stereocenters. The first-order valence-electron chi connectivity index (χ1n) is 10.9. The summed E-state index contributed by atoms with van der Waals surface area (Å²) in [5.74, 6) is -0.188. The van der Waals surface area contributed by atoms with Gasteiger partial charge in [-0.3, -0.25) is 4.79 Å². The maximum atomic E-state index is 13.2. The lowest BCUT2D eigenvalue weighted by Crippen LogP contribution is -2.36. The van der Waals surface area contributed by atoms with E-state index in [0.29, 0.717) is 25.3 Å². The molecule has 0 unspecified atom stereocenters. The fourth-order valence-electron chi connectivity index (χ4n) is 3.87. The van der Waals surface area contributed by atoms with Crippen LogP contribution in [0.4, 0.5) is 5.69 Å². The molecule has 1 aliphatic heterocycles. The van der Waals surface area contributed by atoms with Gasteiger partial charge in [-0.25, -0.2) is 13.4 Å². The number of hydrogen-bond acceptors (Lipinski definition) is 7. The van der Waals surface area contributed by atoms with Crippen molar-refractivity contribution < 1.29 is 17.9 Å². The third-order valence-electron chi connectivity index (χ3n) is 5.78. The summed E-state index contributed by atoms with van der Waals surface area (Å²) in [5, 5.41) is 2.89. The van der Waals surface area contributed by atoms with Gasteiger partial charge < -0.3 is 15.0 Å². The number of nitrogens with one attached hydrogen (secondary N) is 1. The van der Waals surface area contributed by atoms with Crippen LogP contribution >= 0.6 is 11.3 Å². The highest BCUT2D eigenvalue weighted by atomic mass is 32.2. The summed E-state index contributed by atoms with van der Waals surface area (Å²) in [5.41, 5.74) is 4.87. The number of benzene rings is 3. The van der Waals surface area contributed by atoms with Crippen LogP contribution in [0.3, 0.4) is 0 Å². The molecule has 3 aromatic carbocycles. The largest absolute Gasteiger partial charge is 0.378 e. The van der Waals surface area contributed by atoms with Gasteiger partial charge in [-0.1, -0.05) is 18.2 Å². The number of ether oxygens (including phenoxy) is 1. The number of carbonyl (C=O) groups excluding carboxylic acids is 1. The second-order valence-corrected chi connectivity index (χ2v) is 10.8. The Labute approximate surface area is 201 Å². The number of rotatable bonds is 6. The Bertz CT molecular complexity index is 1430. The van der Waals surface area contributed by atoms with Crippen molar-refractivity contribution in [3.8, 4) is 0 Å². The van der Waals surface area contributed by atoms with Crippen LogP contribution in [0.25, 0.3) is 10.2 Å². The minimum Gasteiger partial charge on any atom is -0.378 e. The van der Waals surface area contributed by atoms with Crippen molar-refractivity contribution >= 4 is 43.0 Å². The van der Waals surface area contributed by atoms with E-state index >= 15 is 0 Å². The summed E-state index contributed by atoms with van der Waals surface area (Å²) in [6, 6.07) is 19.0. The monoisotopic (exact) mass is 493 g/mol. The number of aromatic nitrogens is 1. The maximum absolute atomic E-state index is 13.2. The predicted molar refractivity (Wildman–Crippen MR) is 132 cm³/mol. The molecular weight excluding hydrogens is 470 g/mol. The Hall–Kier alpha value is -3.27. The first kappa shape index (κ1) is 22.5. The molecule has 0 bridgehead atoms. The van der Waals surface area contributed by atoms with Gasteiger partial charge in [0.2, 0.25) is 9.84 Å². The third kappa shape index (κ3) is 4.68. The summed E-state index contributed by atoms with van der Waals surface area (Å²) in [4.78, 5) is 19.3. The summed E-state index contributed by atoms with van der Waals surface area (Å²) < 4.78 is 32.7. The van der Waals surface area contributed by atoms with Crippen LogP contribution in [0.2, 0.25) is 0 Å². The van der Waals surface area contributed by atoms with Gasteiger partial charge >= 0.3 is 0 Å². The maximum Gasteiger partial charge on any atom is 0.251 e. The Balaban J connectivity index is 1.27. The Morgan fingerprint density at radius 3 is 2.59 bits per heavy atom. The van der Waals surface area contributed by atoms with E-state index in [9.17, 15) is 13.2 Å². The van der Waals surface area contributed by atoms with E-state index in [-0.39, 0.29) is 15.7 Å². The van der Waals surface area contributed by atoms with Crippen LogP contribution in [0, 0.1) is 0 Å². The molecule has 0 aliphatic carbocycles. The highest BCUT2D eigenvalue weighted by Gasteiger charge is 2.20. The third-order valence-corrected chi connectivity index (χ3v) is 8.34. The van der Waals surface area contributed by atoms with Crippen molar-refractivity contribution in [2.24, 2.45) is 0 Å². The van der Waals surface area contributed by atoms with Crippen molar-refractivity contribution in [2.75, 3.05) is 31.2 Å². The molecule has 1 amide bonds. The van der Waals surface area contributed by atoms with Gasteiger partial charge in [-0.2, -0.15) is 0 Å². The minimum atomic E-state index is -3.66. The molecule has 1 N–H and O–H groups in total. The van der Waals surface area contributed by atoms with E-state index in [2.05, 4.69) is 15.2 Å². The second kappa shape index (κ2) is 9.54. The topological polar surface area (TPSA) is 88.6 Å². The molecule has 0 radical (unpaired) electrons. The minimum absolute atomic E-state index is 0.188. The van der Waals surface area contributed by atoms with E-state index in [4.69, 9.17) is 4.74 Å². The number of amides is 1. The number of anilines is 1. The van der Waals surface area contributed by atoms with E-state index < -0.39 is 9.84 Å². The van der Waals surface area contributed by atoms with Crippen LogP contribution in [0.15, 0.2) is 82.0 Å². The first-order chi connectivity index (χ1) is 16.5. The van der Waals surface area contributed by atoms with E-state index in [0.717, 1.165) is 34.6 Å². The van der Waals surface area contributed by atoms with Gasteiger partial charge in [0.05, 0.1) is 38.7 Å². The molecule has 9 heteroatoms. The summed E-state index contributed by atoms with van der Waals surface area (Å²) in [7, 11) is -3.66. The van der Waals surface area contributed by atoms with Gasteiger partial charge in [-0.05, 0) is 54.1 Å². The van der Waals surface area contributed by atoms with Crippen LogP contribution in [0.5, 0.6) is 0 Å². The summed E-state index contributed by atoms with van der Waals surface area (Å²) in [6.07, 6.45) is 0. The van der Waals surface area contributed by atoms with Crippen molar-refractivity contribution in [2.45, 2.75) is 16.3 Å². The normalized spacial score (nSPS) is 14.3. The van der Waals surface area contributed by atoms with Crippen molar-refractivity contribution in [1.82, 2.24) is 10.3 Å². The van der Waals surface area contributed by atoms with Crippen LogP contribution in [-0.2, 0) is 21.1 Å². The van der Waals surface area contributed by atoms with Crippen LogP contribution in [0.1, 0.15) is 15.9 Å². The smallest absolute Gasteiger partial charge is 0.251 e. The molecule has 34 heavy (non-hydrogen) atoms. The SMILES string of the molecule is O=C(NCc1ccc(S(=O)(=O)c2cccc(N3CCOCC3)c2)cc1)c1ccc2ncsc2c1. The molecule has 2 heterocycles. The van der Waals surface area contributed by atoms with E-state index in [1.807, 2.05) is 18.2 Å². The average molecular weight is 494 g/mol. The highest BCUT2D eigenvalue weighted by Crippen LogP contribution is 2.26. The lowest BCUT2D eigenvalue weighted by Gasteiger charge is -2.29. The molecule has 1 saturated heterocycles. The van der Waals surface area contributed by atoms with Gasteiger partial charge in [0, 0.05) is 30.9 Å². The number of morpholine rings is 1. The first-order valence-corrected chi connectivity index (χ1v) is 13.3. The van der Waals surface area contributed by atoms with Crippen LogP contribution < -0.4 is 10.2 Å². The quantitative estimate of drug-likeness (QED) is 0.438. The Kier molecular flexibility index (Phi) is 6.32. The van der Waals surface area contributed by atoms with Gasteiger partial charge in [0.1, 0.15) is 0 Å². The van der Waals surface area contributed by atoms with Crippen molar-refractivity contribution in [1.29, 1.82) is 0 Å². The molecule has 5 rings (SSSR count). The lowest BCUT2D eigenvalue weighted by molar-refractivity contribution is 0.0951. The predicted octanol–water partition coefficient (Wildman–Crippen LogP) is 3.90. The number of sulfone groups is 1. The Morgan fingerprint density at radius 2 is 1.79 bits per heavy atom. The van der Waals surface area contributed by atoms with E-state index in [1.165, 1.54) is 11.3 Å². The number of hydrogen-bond donors (Lipinski definition) is 1. The molecule has 1 aliphatic rings. The standard InChI is InChI=1S/C25H23N3O4S2/c29-25(19-6-9-23-24(14-19)33-17-27-23)26-16-18-4-7-21(8-5-18)34(30,31)22-3-1-2-20(15-22)28-10-12-32-13-11-28/h1-9,14-15,17H,10-13,16H2,(H,26,29). The summed E-state index contributed by atoms with van der Waals surface area (Å²) in [6.45, 7) is 3.04. The second-order valence-electron chi connectivity index (χ2n) is 7.96. The molecule has 7 nitrogen and oxygen atoms in total. The zero-order valence-corrected chi connectivity index (χ0v) is 19.9. The fourth-order valence-corrected chi connectivity index (χ4v) is 5.89. The van der Waals surface area contributed by atoms with Crippen molar-refractivity contribution in [3.63, 3.8) is 0 Å². The van der Waals surface area contributed by atoms with E-state index in [1.54, 1.807) is 54.0 Å². The molecule has 1 fully saturated rings. The molecule has 4 aromatic rings. The molecular formula is C25H23N3O4S2. The van der Waals surface area contributed by atoms with Crippen LogP contribution in [-0.4, -0.2) is 45.6 Å². The zero-order valence-electron chi connectivity index (χ0n) is 18.3. The van der Waals surface area contributed by atoms with Crippen molar-refractivity contribution in [3.05, 3.63) is 83.4 Å². The summed E-state index contributed by atoms with van der Waals surface area (Å²) >= 11 is 1.49. The molecule has 0 saturated carbocycles. The molecule has 174 valence electrons. The number of carbonyl (C=O) groups is 1. The highest BCUT2D eigenvalue weighted by molar-refractivity contribution is 7.91. The fraction of sp³-hybridized carbons (Fsp3) is 0.200. The van der Waals surface area contributed by atoms with Gasteiger partial charge in [0.25, 0.3) is 5.91 Å². The average Bonchev–Trinajstić information content (AvgIpc) is 3.36. The number of thiazole rings is 1. The van der Waals surface area contributed by atoms with Gasteiger partial charge in [0.15, 0.2) is 0 Å². The molecule has 0 spiro atoms. The van der Waals surface area contributed by atoms with Gasteiger partial charge in [-0.15, -0.1) is 11.3 Å².